The van der Waals surface area contributed by atoms with Crippen molar-refractivity contribution in [1.29, 1.82) is 0 Å². The smallest absolute Gasteiger partial charge is 0.343 e. The van der Waals surface area contributed by atoms with E-state index in [1.165, 1.54) is 11.3 Å². The van der Waals surface area contributed by atoms with Crippen molar-refractivity contribution in [3.8, 4) is 15.6 Å². The lowest BCUT2D eigenvalue weighted by Crippen LogP contribution is -2.43. The average Bonchev–Trinajstić information content (AvgIpc) is 3.62. The van der Waals surface area contributed by atoms with E-state index in [2.05, 4.69) is 6.92 Å². The number of pyridine rings is 1. The molecule has 0 radical (unpaired) electrons. The van der Waals surface area contributed by atoms with Crippen LogP contribution in [-0.2, 0) is 9.53 Å². The molecule has 4 aromatic rings. The van der Waals surface area contributed by atoms with Crippen LogP contribution < -0.4 is 4.90 Å². The van der Waals surface area contributed by atoms with Crippen molar-refractivity contribution in [3.63, 3.8) is 0 Å². The highest BCUT2D eigenvalue weighted by atomic mass is 32.1. The Morgan fingerprint density at radius 2 is 1.92 bits per heavy atom. The molecule has 4 heterocycles. The summed E-state index contributed by atoms with van der Waals surface area (Å²) in [6.45, 7) is 8.19. The van der Waals surface area contributed by atoms with Crippen molar-refractivity contribution in [2.45, 2.75) is 59.4 Å². The highest BCUT2D eigenvalue weighted by Gasteiger charge is 2.34. The van der Waals surface area contributed by atoms with Gasteiger partial charge in [-0.25, -0.2) is 14.5 Å². The zero-order chi connectivity index (χ0) is 26.1. The zero-order valence-electron chi connectivity index (χ0n) is 21.8. The van der Waals surface area contributed by atoms with Crippen LogP contribution in [0.5, 0.6) is 0 Å². The number of rotatable bonds is 7. The lowest BCUT2D eigenvalue weighted by molar-refractivity contribution is -0.124. The summed E-state index contributed by atoms with van der Waals surface area (Å²) in [6.07, 6.45) is 9.46. The molecule has 1 fully saturated rings. The van der Waals surface area contributed by atoms with Gasteiger partial charge >= 0.3 is 5.97 Å². The Balaban J connectivity index is 1.51. The Labute approximate surface area is 220 Å². The van der Waals surface area contributed by atoms with Crippen LogP contribution in [0.25, 0.3) is 21.2 Å². The zero-order valence-corrected chi connectivity index (χ0v) is 22.6. The summed E-state index contributed by atoms with van der Waals surface area (Å²) in [7, 11) is 0. The number of hydrogen-bond donors (Lipinski definition) is 0. The lowest BCUT2D eigenvalue weighted by atomic mass is 9.82. The molecule has 1 aliphatic rings. The van der Waals surface area contributed by atoms with Gasteiger partial charge in [-0.15, -0.1) is 16.4 Å². The first-order valence-corrected chi connectivity index (χ1v) is 13.8. The van der Waals surface area contributed by atoms with Gasteiger partial charge in [0.1, 0.15) is 16.2 Å². The Kier molecular flexibility index (Phi) is 7.15. The van der Waals surface area contributed by atoms with Gasteiger partial charge in [0.15, 0.2) is 5.82 Å². The maximum atomic E-state index is 13.7. The molecule has 0 spiro atoms. The van der Waals surface area contributed by atoms with E-state index >= 15 is 0 Å². The summed E-state index contributed by atoms with van der Waals surface area (Å²) < 4.78 is 9.02. The van der Waals surface area contributed by atoms with Crippen LogP contribution in [0.3, 0.4) is 0 Å². The first-order chi connectivity index (χ1) is 17.9. The van der Waals surface area contributed by atoms with Crippen molar-refractivity contribution in [2.24, 2.45) is 11.8 Å². The fourth-order valence-corrected chi connectivity index (χ4v) is 5.84. The third-order valence-corrected chi connectivity index (χ3v) is 8.07. The normalized spacial score (nSPS) is 17.9. The average molecular weight is 520 g/mol. The Hall–Kier alpha value is -3.46. The quantitative estimate of drug-likeness (QED) is 0.280. The maximum Gasteiger partial charge on any atom is 0.343 e. The molecule has 0 saturated heterocycles. The number of carbonyl (C=O) groups excluding carboxylic acids is 2. The second-order valence-electron chi connectivity index (χ2n) is 10.0. The largest absolute Gasteiger partial charge is 0.462 e. The topological polar surface area (TPSA) is 81.7 Å². The predicted octanol–water partition coefficient (Wildman–Crippen LogP) is 5.99. The molecular formula is C28H33N5O3S. The van der Waals surface area contributed by atoms with Gasteiger partial charge in [0, 0.05) is 30.6 Å². The van der Waals surface area contributed by atoms with E-state index in [0.29, 0.717) is 17.3 Å². The maximum absolute atomic E-state index is 13.7. The molecule has 0 atom stereocenters. The molecule has 9 heteroatoms. The van der Waals surface area contributed by atoms with E-state index in [-0.39, 0.29) is 24.5 Å². The molecular weight excluding hydrogens is 486 g/mol. The molecule has 5 rings (SSSR count). The highest BCUT2D eigenvalue weighted by molar-refractivity contribution is 7.17. The van der Waals surface area contributed by atoms with Crippen molar-refractivity contribution in [3.05, 3.63) is 54.5 Å². The first kappa shape index (κ1) is 25.2. The first-order valence-electron chi connectivity index (χ1n) is 13.0. The number of aromatic nitrogens is 4. The number of thiophene rings is 1. The summed E-state index contributed by atoms with van der Waals surface area (Å²) in [5.41, 5.74) is 2.04. The molecule has 0 N–H and O–H groups in total. The SMILES string of the molecule is CCOC(=O)c1cn(-c2ccc(-c3cn4ccccc4n3)s2)nc1N(C(=O)C1CCC(C)CC1)C(C)C. The monoisotopic (exact) mass is 519 g/mol. The van der Waals surface area contributed by atoms with Crippen LogP contribution >= 0.6 is 11.3 Å². The van der Waals surface area contributed by atoms with Crippen LogP contribution in [0.2, 0.25) is 0 Å². The Morgan fingerprint density at radius 3 is 2.62 bits per heavy atom. The summed E-state index contributed by atoms with van der Waals surface area (Å²) in [5, 5.41) is 5.62. The van der Waals surface area contributed by atoms with E-state index in [0.717, 1.165) is 46.9 Å². The van der Waals surface area contributed by atoms with E-state index in [1.54, 1.807) is 22.7 Å². The molecule has 1 aliphatic carbocycles. The molecule has 4 aromatic heterocycles. The summed E-state index contributed by atoms with van der Waals surface area (Å²) in [4.78, 5) is 34.1. The molecule has 0 aromatic carbocycles. The van der Waals surface area contributed by atoms with Crippen molar-refractivity contribution in [2.75, 3.05) is 11.5 Å². The van der Waals surface area contributed by atoms with Crippen LogP contribution in [-0.4, -0.2) is 43.7 Å². The van der Waals surface area contributed by atoms with Crippen LogP contribution in [0.15, 0.2) is 48.9 Å². The molecule has 0 unspecified atom stereocenters. The third kappa shape index (κ3) is 5.05. The van der Waals surface area contributed by atoms with Gasteiger partial charge in [0.05, 0.1) is 17.2 Å². The van der Waals surface area contributed by atoms with Gasteiger partial charge in [0.2, 0.25) is 5.91 Å². The predicted molar refractivity (Wildman–Crippen MR) is 145 cm³/mol. The van der Waals surface area contributed by atoms with Crippen molar-refractivity contribution in [1.82, 2.24) is 19.2 Å². The van der Waals surface area contributed by atoms with E-state index < -0.39 is 5.97 Å². The molecule has 0 aliphatic heterocycles. The summed E-state index contributed by atoms with van der Waals surface area (Å²) in [6, 6.07) is 9.70. The summed E-state index contributed by atoms with van der Waals surface area (Å²) in [5.74, 6) is 0.514. The minimum absolute atomic E-state index is 0.0364. The number of anilines is 1. The minimum Gasteiger partial charge on any atom is -0.462 e. The number of carbonyl (C=O) groups is 2. The number of imidazole rings is 1. The number of fused-ring (bicyclic) bond motifs is 1. The second kappa shape index (κ2) is 10.5. The minimum atomic E-state index is -0.475. The van der Waals surface area contributed by atoms with Gasteiger partial charge in [-0.05, 0) is 76.6 Å². The number of nitrogens with zero attached hydrogens (tertiary/aromatic N) is 5. The number of hydrogen-bond acceptors (Lipinski definition) is 6. The third-order valence-electron chi connectivity index (χ3n) is 6.97. The second-order valence-corrected chi connectivity index (χ2v) is 11.1. The number of amides is 1. The van der Waals surface area contributed by atoms with Crippen LogP contribution in [0.1, 0.15) is 63.7 Å². The molecule has 0 bridgehead atoms. The van der Waals surface area contributed by atoms with Gasteiger partial charge in [-0.1, -0.05) is 13.0 Å². The van der Waals surface area contributed by atoms with Gasteiger partial charge in [0.25, 0.3) is 0 Å². The standard InChI is InChI=1S/C28H33N5O3S/c1-5-36-28(35)21-16-32(25-14-13-23(37-25)22-17-31-15-7-6-8-24(31)29-22)30-26(21)33(18(2)3)27(34)20-11-9-19(4)10-12-20/h6-8,13-20H,5,9-12H2,1-4H3. The van der Waals surface area contributed by atoms with E-state index in [4.69, 9.17) is 14.8 Å². The molecule has 194 valence electrons. The number of ether oxygens (including phenoxy) is 1. The fraction of sp³-hybridized carbons (Fsp3) is 0.429. The van der Waals surface area contributed by atoms with Crippen LogP contribution in [0.4, 0.5) is 5.82 Å². The highest BCUT2D eigenvalue weighted by Crippen LogP contribution is 2.34. The van der Waals surface area contributed by atoms with E-state index in [9.17, 15) is 9.59 Å². The van der Waals surface area contributed by atoms with Crippen molar-refractivity contribution >= 4 is 34.7 Å². The lowest BCUT2D eigenvalue weighted by Gasteiger charge is -2.32. The van der Waals surface area contributed by atoms with Crippen LogP contribution in [0, 0.1) is 11.8 Å². The van der Waals surface area contributed by atoms with Gasteiger partial charge in [-0.2, -0.15) is 0 Å². The molecule has 8 nitrogen and oxygen atoms in total. The molecule has 1 amide bonds. The Bertz CT molecular complexity index is 1380. The van der Waals surface area contributed by atoms with Crippen molar-refractivity contribution < 1.29 is 14.3 Å². The van der Waals surface area contributed by atoms with Gasteiger partial charge < -0.3 is 9.14 Å². The van der Waals surface area contributed by atoms with Gasteiger partial charge in [-0.3, -0.25) is 9.69 Å². The fourth-order valence-electron chi connectivity index (χ4n) is 4.96. The molecule has 37 heavy (non-hydrogen) atoms. The molecule has 1 saturated carbocycles. The van der Waals surface area contributed by atoms with E-state index in [1.807, 2.05) is 61.0 Å². The number of esters is 1. The Morgan fingerprint density at radius 1 is 1.14 bits per heavy atom. The summed E-state index contributed by atoms with van der Waals surface area (Å²) >= 11 is 1.53.